The third-order valence-electron chi connectivity index (χ3n) is 1.95. The van der Waals surface area contributed by atoms with Gasteiger partial charge in [0, 0.05) is 12.4 Å². The number of rotatable bonds is 2. The molecule has 0 unspecified atom stereocenters. The van der Waals surface area contributed by atoms with Crippen LogP contribution in [0, 0.1) is 0 Å². The number of hydrogen-bond acceptors (Lipinski definition) is 6. The van der Waals surface area contributed by atoms with Crippen LogP contribution in [-0.2, 0) is 4.74 Å². The summed E-state index contributed by atoms with van der Waals surface area (Å²) in [6, 6.07) is 1.67. The normalized spacial score (nSPS) is 10.1. The minimum absolute atomic E-state index is 0.151. The van der Waals surface area contributed by atoms with Crippen LogP contribution in [-0.4, -0.2) is 32.8 Å². The number of esters is 1. The predicted octanol–water partition coefficient (Wildman–Crippen LogP) is 0.0311. The summed E-state index contributed by atoms with van der Waals surface area (Å²) in [4.78, 5) is 19.2. The first-order valence-electron chi connectivity index (χ1n) is 4.43. The molecule has 2 N–H and O–H groups in total. The van der Waals surface area contributed by atoms with Gasteiger partial charge in [0.05, 0.1) is 13.3 Å². The molecule has 0 saturated heterocycles. The number of hydrogen-bond donors (Lipinski definition) is 1. The lowest BCUT2D eigenvalue weighted by molar-refractivity contribution is 0.0602. The molecule has 16 heavy (non-hydrogen) atoms. The highest BCUT2D eigenvalue weighted by molar-refractivity contribution is 5.94. The fraction of sp³-hybridized carbons (Fsp3) is 0.111. The van der Waals surface area contributed by atoms with E-state index in [1.54, 1.807) is 18.5 Å². The SMILES string of the molecule is COC(=O)c1cnn(-c2ncccn2)c1N. The van der Waals surface area contributed by atoms with Gasteiger partial charge in [-0.2, -0.15) is 9.78 Å². The largest absolute Gasteiger partial charge is 0.465 e. The maximum absolute atomic E-state index is 11.3. The molecule has 0 aliphatic carbocycles. The van der Waals surface area contributed by atoms with E-state index in [2.05, 4.69) is 19.8 Å². The van der Waals surface area contributed by atoms with Gasteiger partial charge in [0.25, 0.3) is 5.95 Å². The van der Waals surface area contributed by atoms with Crippen LogP contribution in [0.15, 0.2) is 24.7 Å². The zero-order valence-electron chi connectivity index (χ0n) is 8.49. The number of carbonyl (C=O) groups excluding carboxylic acids is 1. The molecule has 7 heteroatoms. The Hall–Kier alpha value is -2.44. The van der Waals surface area contributed by atoms with Crippen molar-refractivity contribution in [2.45, 2.75) is 0 Å². The summed E-state index contributed by atoms with van der Waals surface area (Å²) in [6.45, 7) is 0. The summed E-state index contributed by atoms with van der Waals surface area (Å²) in [6.07, 6.45) is 4.43. The van der Waals surface area contributed by atoms with Crippen LogP contribution in [0.2, 0.25) is 0 Å². The zero-order chi connectivity index (χ0) is 11.5. The van der Waals surface area contributed by atoms with Crippen molar-refractivity contribution in [1.82, 2.24) is 19.7 Å². The second-order valence-corrected chi connectivity index (χ2v) is 2.90. The second kappa shape index (κ2) is 3.97. The van der Waals surface area contributed by atoms with E-state index in [-0.39, 0.29) is 11.4 Å². The van der Waals surface area contributed by atoms with Gasteiger partial charge in [0.1, 0.15) is 11.4 Å². The van der Waals surface area contributed by atoms with Crippen molar-refractivity contribution < 1.29 is 9.53 Å². The Morgan fingerprint density at radius 2 is 2.12 bits per heavy atom. The molecule has 2 heterocycles. The molecule has 0 aliphatic heterocycles. The van der Waals surface area contributed by atoms with Gasteiger partial charge in [0.15, 0.2) is 0 Å². The first-order chi connectivity index (χ1) is 7.74. The quantitative estimate of drug-likeness (QED) is 0.716. The van der Waals surface area contributed by atoms with Crippen LogP contribution in [0.4, 0.5) is 5.82 Å². The number of ether oxygens (including phenoxy) is 1. The number of nitrogen functional groups attached to an aromatic ring is 1. The molecule has 2 rings (SSSR count). The first kappa shape index (κ1) is 10.1. The minimum Gasteiger partial charge on any atom is -0.465 e. The number of nitrogens with zero attached hydrogens (tertiary/aromatic N) is 4. The van der Waals surface area contributed by atoms with Crippen LogP contribution >= 0.6 is 0 Å². The predicted molar refractivity (Wildman–Crippen MR) is 54.9 cm³/mol. The van der Waals surface area contributed by atoms with Gasteiger partial charge < -0.3 is 10.5 Å². The van der Waals surface area contributed by atoms with Crippen molar-refractivity contribution in [3.63, 3.8) is 0 Å². The Kier molecular flexibility index (Phi) is 2.50. The van der Waals surface area contributed by atoms with E-state index < -0.39 is 5.97 Å². The molecule has 0 amide bonds. The molecule has 82 valence electrons. The minimum atomic E-state index is -0.542. The molecule has 0 saturated carbocycles. The molecule has 0 spiro atoms. The van der Waals surface area contributed by atoms with Gasteiger partial charge in [-0.3, -0.25) is 0 Å². The van der Waals surface area contributed by atoms with Crippen LogP contribution in [0.5, 0.6) is 0 Å². The summed E-state index contributed by atoms with van der Waals surface area (Å²) in [5, 5.41) is 3.92. The Bertz CT molecular complexity index is 508. The van der Waals surface area contributed by atoms with Crippen LogP contribution in [0.3, 0.4) is 0 Å². The highest BCUT2D eigenvalue weighted by Crippen LogP contribution is 2.14. The zero-order valence-corrected chi connectivity index (χ0v) is 8.49. The lowest BCUT2D eigenvalue weighted by Gasteiger charge is -2.01. The molecule has 0 fully saturated rings. The van der Waals surface area contributed by atoms with Crippen LogP contribution < -0.4 is 5.73 Å². The van der Waals surface area contributed by atoms with Crippen molar-refractivity contribution in [2.75, 3.05) is 12.8 Å². The van der Waals surface area contributed by atoms with E-state index in [4.69, 9.17) is 5.73 Å². The number of aromatic nitrogens is 4. The van der Waals surface area contributed by atoms with Crippen LogP contribution in [0.25, 0.3) is 5.95 Å². The Morgan fingerprint density at radius 3 is 2.75 bits per heavy atom. The van der Waals surface area contributed by atoms with Crippen molar-refractivity contribution in [1.29, 1.82) is 0 Å². The molecule has 2 aromatic heterocycles. The third kappa shape index (κ3) is 1.58. The molecular weight excluding hydrogens is 210 g/mol. The standard InChI is InChI=1S/C9H9N5O2/c1-16-8(15)6-5-13-14(7(6)10)9-11-3-2-4-12-9/h2-5H,10H2,1H3. The van der Waals surface area contributed by atoms with E-state index in [1.807, 2.05) is 0 Å². The molecule has 0 aliphatic rings. The third-order valence-corrected chi connectivity index (χ3v) is 1.95. The average molecular weight is 219 g/mol. The molecule has 0 aromatic carbocycles. The van der Waals surface area contributed by atoms with Gasteiger partial charge in [-0.15, -0.1) is 0 Å². The lowest BCUT2D eigenvalue weighted by atomic mass is 10.3. The summed E-state index contributed by atoms with van der Waals surface area (Å²) >= 11 is 0. The topological polar surface area (TPSA) is 95.9 Å². The smallest absolute Gasteiger partial charge is 0.343 e. The van der Waals surface area contributed by atoms with E-state index in [9.17, 15) is 4.79 Å². The fourth-order valence-corrected chi connectivity index (χ4v) is 1.19. The van der Waals surface area contributed by atoms with Gasteiger partial charge >= 0.3 is 5.97 Å². The van der Waals surface area contributed by atoms with Crippen molar-refractivity contribution in [2.24, 2.45) is 0 Å². The van der Waals surface area contributed by atoms with E-state index in [1.165, 1.54) is 18.0 Å². The van der Waals surface area contributed by atoms with Crippen molar-refractivity contribution >= 4 is 11.8 Å². The highest BCUT2D eigenvalue weighted by Gasteiger charge is 2.17. The number of anilines is 1. The monoisotopic (exact) mass is 219 g/mol. The van der Waals surface area contributed by atoms with E-state index in [0.29, 0.717) is 5.95 Å². The van der Waals surface area contributed by atoms with E-state index in [0.717, 1.165) is 0 Å². The maximum Gasteiger partial charge on any atom is 0.343 e. The molecule has 7 nitrogen and oxygen atoms in total. The summed E-state index contributed by atoms with van der Waals surface area (Å²) < 4.78 is 5.82. The Morgan fingerprint density at radius 1 is 1.44 bits per heavy atom. The van der Waals surface area contributed by atoms with Gasteiger partial charge in [-0.25, -0.2) is 14.8 Å². The molecule has 0 bridgehead atoms. The molecule has 0 radical (unpaired) electrons. The van der Waals surface area contributed by atoms with Crippen LogP contribution in [0.1, 0.15) is 10.4 Å². The molecule has 2 aromatic rings. The van der Waals surface area contributed by atoms with Gasteiger partial charge in [-0.1, -0.05) is 0 Å². The Labute approximate surface area is 90.9 Å². The summed E-state index contributed by atoms with van der Waals surface area (Å²) in [5.41, 5.74) is 5.92. The van der Waals surface area contributed by atoms with Gasteiger partial charge in [-0.05, 0) is 6.07 Å². The van der Waals surface area contributed by atoms with Gasteiger partial charge in [0.2, 0.25) is 0 Å². The number of nitrogens with two attached hydrogens (primary N) is 1. The summed E-state index contributed by atoms with van der Waals surface area (Å²) in [7, 11) is 1.28. The number of methoxy groups -OCH3 is 1. The average Bonchev–Trinajstić information content (AvgIpc) is 2.71. The Balaban J connectivity index is 2.45. The van der Waals surface area contributed by atoms with Crippen molar-refractivity contribution in [3.05, 3.63) is 30.2 Å². The fourth-order valence-electron chi connectivity index (χ4n) is 1.19. The van der Waals surface area contributed by atoms with Crippen molar-refractivity contribution in [3.8, 4) is 5.95 Å². The summed E-state index contributed by atoms with van der Waals surface area (Å²) in [5.74, 6) is -0.0899. The molecule has 0 atom stereocenters. The first-order valence-corrected chi connectivity index (χ1v) is 4.43. The highest BCUT2D eigenvalue weighted by atomic mass is 16.5. The van der Waals surface area contributed by atoms with E-state index >= 15 is 0 Å². The molecular formula is C9H9N5O2. The number of carbonyl (C=O) groups is 1. The maximum atomic E-state index is 11.3. The second-order valence-electron chi connectivity index (χ2n) is 2.90. The lowest BCUT2D eigenvalue weighted by Crippen LogP contribution is -2.09.